The monoisotopic (exact) mass is 295 g/mol. The summed E-state index contributed by atoms with van der Waals surface area (Å²) in [5.74, 6) is 0.752. The van der Waals surface area contributed by atoms with Gasteiger partial charge in [-0.05, 0) is 50.5 Å². The Bertz CT molecular complexity index is 350. The molecule has 3 N–H and O–H groups in total. The van der Waals surface area contributed by atoms with Gasteiger partial charge in [0.05, 0.1) is 5.92 Å². The smallest absolute Gasteiger partial charge is 0.224 e. The van der Waals surface area contributed by atoms with Crippen molar-refractivity contribution in [3.63, 3.8) is 0 Å². The lowest BCUT2D eigenvalue weighted by Crippen LogP contribution is -2.45. The van der Waals surface area contributed by atoms with Crippen LogP contribution in [0.15, 0.2) is 0 Å². The van der Waals surface area contributed by atoms with Crippen molar-refractivity contribution in [1.82, 2.24) is 10.2 Å². The predicted octanol–water partition coefficient (Wildman–Crippen LogP) is 1.99. The first-order valence-electron chi connectivity index (χ1n) is 8.50. The molecular formula is C17H33N3O. The Kier molecular flexibility index (Phi) is 5.31. The van der Waals surface area contributed by atoms with Gasteiger partial charge in [0, 0.05) is 25.2 Å². The van der Waals surface area contributed by atoms with E-state index in [1.807, 2.05) is 0 Å². The zero-order chi connectivity index (χ0) is 15.6. The minimum atomic E-state index is -0.0482. The van der Waals surface area contributed by atoms with Gasteiger partial charge in [-0.1, -0.05) is 20.8 Å². The standard InChI is InChI=1S/C17H33N3O/c1-17(2,3)9-13(10-18)16(21)19-11-12-7-14-5-6-15(8-12)20(14)4/h12-15H,5-11,18H2,1-4H3,(H,19,21). The van der Waals surface area contributed by atoms with E-state index in [2.05, 4.69) is 38.0 Å². The maximum absolute atomic E-state index is 12.3. The number of piperidine rings is 1. The van der Waals surface area contributed by atoms with Crippen molar-refractivity contribution in [3.05, 3.63) is 0 Å². The van der Waals surface area contributed by atoms with Gasteiger partial charge in [-0.3, -0.25) is 4.79 Å². The lowest BCUT2D eigenvalue weighted by Gasteiger charge is -2.36. The average molecular weight is 295 g/mol. The Balaban J connectivity index is 1.78. The molecule has 0 saturated carbocycles. The number of carbonyl (C=O) groups is 1. The first-order valence-corrected chi connectivity index (χ1v) is 8.50. The number of fused-ring (bicyclic) bond motifs is 2. The highest BCUT2D eigenvalue weighted by molar-refractivity contribution is 5.78. The van der Waals surface area contributed by atoms with Gasteiger partial charge >= 0.3 is 0 Å². The lowest BCUT2D eigenvalue weighted by molar-refractivity contribution is -0.125. The van der Waals surface area contributed by atoms with Crippen LogP contribution in [-0.2, 0) is 4.79 Å². The van der Waals surface area contributed by atoms with E-state index in [1.54, 1.807) is 0 Å². The molecule has 1 amide bonds. The third-order valence-corrected chi connectivity index (χ3v) is 5.27. The molecule has 0 radical (unpaired) electrons. The van der Waals surface area contributed by atoms with Gasteiger partial charge < -0.3 is 16.0 Å². The van der Waals surface area contributed by atoms with Crippen LogP contribution in [0.25, 0.3) is 0 Å². The molecule has 2 bridgehead atoms. The molecule has 122 valence electrons. The van der Waals surface area contributed by atoms with E-state index in [1.165, 1.54) is 25.7 Å². The fourth-order valence-electron chi connectivity index (χ4n) is 4.10. The van der Waals surface area contributed by atoms with Crippen molar-refractivity contribution >= 4 is 5.91 Å². The average Bonchev–Trinajstić information content (AvgIpc) is 2.64. The van der Waals surface area contributed by atoms with E-state index in [4.69, 9.17) is 5.73 Å². The second-order valence-electron chi connectivity index (χ2n) is 8.33. The van der Waals surface area contributed by atoms with Gasteiger partial charge in [0.15, 0.2) is 0 Å². The fourth-order valence-corrected chi connectivity index (χ4v) is 4.10. The topological polar surface area (TPSA) is 58.4 Å². The number of nitrogens with zero attached hydrogens (tertiary/aromatic N) is 1. The Labute approximate surface area is 129 Å². The van der Waals surface area contributed by atoms with Crippen LogP contribution in [0.4, 0.5) is 0 Å². The van der Waals surface area contributed by atoms with Gasteiger partial charge in [-0.25, -0.2) is 0 Å². The van der Waals surface area contributed by atoms with E-state index in [-0.39, 0.29) is 17.2 Å². The predicted molar refractivity (Wildman–Crippen MR) is 86.9 cm³/mol. The summed E-state index contributed by atoms with van der Waals surface area (Å²) in [6.07, 6.45) is 6.00. The summed E-state index contributed by atoms with van der Waals surface area (Å²) in [7, 11) is 2.25. The van der Waals surface area contributed by atoms with Crippen LogP contribution >= 0.6 is 0 Å². The molecule has 3 unspecified atom stereocenters. The highest BCUT2D eigenvalue weighted by Gasteiger charge is 2.38. The van der Waals surface area contributed by atoms with Gasteiger partial charge in [0.25, 0.3) is 0 Å². The van der Waals surface area contributed by atoms with Gasteiger partial charge in [0.2, 0.25) is 5.91 Å². The SMILES string of the molecule is CN1C2CCC1CC(CNC(=O)C(CN)CC(C)(C)C)C2. The molecule has 2 saturated heterocycles. The van der Waals surface area contributed by atoms with Crippen LogP contribution in [0.2, 0.25) is 0 Å². The number of amides is 1. The van der Waals surface area contributed by atoms with Gasteiger partial charge in [0.1, 0.15) is 0 Å². The van der Waals surface area contributed by atoms with Crippen molar-refractivity contribution in [1.29, 1.82) is 0 Å². The quantitative estimate of drug-likeness (QED) is 0.815. The van der Waals surface area contributed by atoms with Crippen molar-refractivity contribution < 1.29 is 4.79 Å². The second-order valence-corrected chi connectivity index (χ2v) is 8.33. The highest BCUT2D eigenvalue weighted by Crippen LogP contribution is 2.37. The van der Waals surface area contributed by atoms with E-state index < -0.39 is 0 Å². The Morgan fingerprint density at radius 1 is 1.29 bits per heavy atom. The first-order chi connectivity index (χ1) is 9.80. The van der Waals surface area contributed by atoms with Crippen molar-refractivity contribution in [3.8, 4) is 0 Å². The van der Waals surface area contributed by atoms with Crippen molar-refractivity contribution in [2.45, 2.75) is 65.0 Å². The van der Waals surface area contributed by atoms with E-state index >= 15 is 0 Å². The Morgan fingerprint density at radius 2 is 1.86 bits per heavy atom. The molecule has 0 spiro atoms. The minimum Gasteiger partial charge on any atom is -0.356 e. The first kappa shape index (κ1) is 16.8. The summed E-state index contributed by atoms with van der Waals surface area (Å²) in [4.78, 5) is 14.9. The third-order valence-electron chi connectivity index (χ3n) is 5.27. The zero-order valence-corrected chi connectivity index (χ0v) is 14.2. The third kappa shape index (κ3) is 4.43. The molecule has 0 aromatic heterocycles. The van der Waals surface area contributed by atoms with Crippen molar-refractivity contribution in [2.75, 3.05) is 20.1 Å². The number of nitrogens with one attached hydrogen (secondary N) is 1. The maximum atomic E-state index is 12.3. The number of carbonyl (C=O) groups excluding carboxylic acids is 1. The van der Waals surface area contributed by atoms with Crippen molar-refractivity contribution in [2.24, 2.45) is 23.0 Å². The molecule has 2 rings (SSSR count). The molecule has 21 heavy (non-hydrogen) atoms. The summed E-state index contributed by atoms with van der Waals surface area (Å²) in [6.45, 7) is 7.77. The largest absolute Gasteiger partial charge is 0.356 e. The van der Waals surface area contributed by atoms with Crippen LogP contribution < -0.4 is 11.1 Å². The summed E-state index contributed by atoms with van der Waals surface area (Å²) in [5.41, 5.74) is 5.94. The molecule has 0 aromatic rings. The van der Waals surface area contributed by atoms with E-state index in [0.717, 1.165) is 25.0 Å². The molecule has 0 aromatic carbocycles. The van der Waals surface area contributed by atoms with Crippen LogP contribution in [0.3, 0.4) is 0 Å². The number of hydrogen-bond donors (Lipinski definition) is 2. The fraction of sp³-hybridized carbons (Fsp3) is 0.941. The number of nitrogens with two attached hydrogens (primary N) is 1. The lowest BCUT2D eigenvalue weighted by atomic mass is 9.84. The molecular weight excluding hydrogens is 262 g/mol. The molecule has 2 fully saturated rings. The summed E-state index contributed by atoms with van der Waals surface area (Å²) in [6, 6.07) is 1.48. The van der Waals surface area contributed by atoms with Gasteiger partial charge in [-0.15, -0.1) is 0 Å². The highest BCUT2D eigenvalue weighted by atomic mass is 16.1. The zero-order valence-electron chi connectivity index (χ0n) is 14.2. The molecule has 2 heterocycles. The molecule has 4 nitrogen and oxygen atoms in total. The number of hydrogen-bond acceptors (Lipinski definition) is 3. The molecule has 3 atom stereocenters. The number of rotatable bonds is 5. The maximum Gasteiger partial charge on any atom is 0.224 e. The molecule has 0 aliphatic carbocycles. The van der Waals surface area contributed by atoms with Gasteiger partial charge in [-0.2, -0.15) is 0 Å². The van der Waals surface area contributed by atoms with E-state index in [9.17, 15) is 4.79 Å². The summed E-state index contributed by atoms with van der Waals surface area (Å²) >= 11 is 0. The minimum absolute atomic E-state index is 0.0482. The molecule has 4 heteroatoms. The Hall–Kier alpha value is -0.610. The summed E-state index contributed by atoms with van der Waals surface area (Å²) < 4.78 is 0. The van der Waals surface area contributed by atoms with E-state index in [0.29, 0.717) is 12.5 Å². The van der Waals surface area contributed by atoms with Crippen LogP contribution in [0, 0.1) is 17.3 Å². The second kappa shape index (κ2) is 6.66. The normalized spacial score (nSPS) is 31.2. The van der Waals surface area contributed by atoms with Crippen LogP contribution in [-0.4, -0.2) is 43.0 Å². The van der Waals surface area contributed by atoms with Crippen LogP contribution in [0.1, 0.15) is 52.9 Å². The molecule has 2 aliphatic heterocycles. The molecule has 2 aliphatic rings. The Morgan fingerprint density at radius 3 is 2.33 bits per heavy atom. The summed E-state index contributed by atoms with van der Waals surface area (Å²) in [5, 5.41) is 3.17. The van der Waals surface area contributed by atoms with Crippen LogP contribution in [0.5, 0.6) is 0 Å².